The number of thioether (sulfide) groups is 1. The number of rotatable bonds is 3. The zero-order chi connectivity index (χ0) is 22.5. The Kier molecular flexibility index (Phi) is 4.93. The van der Waals surface area contributed by atoms with Gasteiger partial charge in [0.15, 0.2) is 0 Å². The normalized spacial score (nSPS) is 18.6. The van der Waals surface area contributed by atoms with Gasteiger partial charge in [-0.25, -0.2) is 4.68 Å². The fourth-order valence-corrected chi connectivity index (χ4v) is 5.10. The number of halogens is 1. The van der Waals surface area contributed by atoms with Crippen molar-refractivity contribution in [1.29, 1.82) is 0 Å². The molecule has 0 unspecified atom stereocenters. The van der Waals surface area contributed by atoms with Crippen LogP contribution in [0.3, 0.4) is 0 Å². The zero-order valence-electron chi connectivity index (χ0n) is 18.1. The van der Waals surface area contributed by atoms with Crippen LogP contribution < -0.4 is 10.1 Å². The van der Waals surface area contributed by atoms with Crippen LogP contribution in [0, 0.1) is 6.92 Å². The molecule has 33 heavy (non-hydrogen) atoms. The Bertz CT molecular complexity index is 1400. The highest BCUT2D eigenvalue weighted by molar-refractivity contribution is 7.98. The summed E-state index contributed by atoms with van der Waals surface area (Å²) >= 11 is 7.93. The number of para-hydroxylation sites is 1. The molecule has 1 N–H and O–H groups in total. The standard InChI is InChI=1S/C26H21ClN4OS/c1-15-10-12-16(13-11-15)23-21-22(28-25-29-26(33-2)30-31(23)25)19-8-3-4-9-20(19)32-24(21)17-6-5-7-18(27)14-17/h3-14,23-24H,1-2H3,(H,28,29,30)/t23-,24+/m1/s1. The van der Waals surface area contributed by atoms with E-state index in [-0.39, 0.29) is 12.1 Å². The van der Waals surface area contributed by atoms with Gasteiger partial charge >= 0.3 is 0 Å². The van der Waals surface area contributed by atoms with E-state index in [1.54, 1.807) is 0 Å². The van der Waals surface area contributed by atoms with Crippen LogP contribution in [0.1, 0.15) is 34.4 Å². The quantitative estimate of drug-likeness (QED) is 0.344. The van der Waals surface area contributed by atoms with Crippen LogP contribution in [0.15, 0.2) is 83.5 Å². The van der Waals surface area contributed by atoms with Gasteiger partial charge < -0.3 is 10.1 Å². The molecule has 2 atom stereocenters. The average molecular weight is 473 g/mol. The molecule has 0 aliphatic carbocycles. The van der Waals surface area contributed by atoms with Crippen LogP contribution in [-0.2, 0) is 0 Å². The van der Waals surface area contributed by atoms with E-state index in [1.165, 1.54) is 17.3 Å². The lowest BCUT2D eigenvalue weighted by Gasteiger charge is -2.39. The van der Waals surface area contributed by atoms with Crippen molar-refractivity contribution in [3.63, 3.8) is 0 Å². The van der Waals surface area contributed by atoms with E-state index >= 15 is 0 Å². The number of benzene rings is 3. The molecule has 164 valence electrons. The monoisotopic (exact) mass is 472 g/mol. The molecular weight excluding hydrogens is 452 g/mol. The molecule has 1 aromatic heterocycles. The molecule has 5 nitrogen and oxygen atoms in total. The van der Waals surface area contributed by atoms with Gasteiger partial charge in [0, 0.05) is 16.2 Å². The van der Waals surface area contributed by atoms with Gasteiger partial charge in [-0.2, -0.15) is 4.98 Å². The smallest absolute Gasteiger partial charge is 0.227 e. The number of nitrogens with one attached hydrogen (secondary N) is 1. The summed E-state index contributed by atoms with van der Waals surface area (Å²) in [7, 11) is 0. The summed E-state index contributed by atoms with van der Waals surface area (Å²) < 4.78 is 8.62. The van der Waals surface area contributed by atoms with E-state index in [1.807, 2.05) is 47.3 Å². The third kappa shape index (κ3) is 3.41. The number of anilines is 1. The minimum absolute atomic E-state index is 0.178. The van der Waals surface area contributed by atoms with Gasteiger partial charge in [0.2, 0.25) is 11.1 Å². The van der Waals surface area contributed by atoms with Crippen LogP contribution in [0.4, 0.5) is 5.95 Å². The minimum atomic E-state index is -0.331. The van der Waals surface area contributed by atoms with Crippen LogP contribution in [0.2, 0.25) is 5.02 Å². The molecule has 6 rings (SSSR count). The summed E-state index contributed by atoms with van der Waals surface area (Å²) in [6.45, 7) is 2.10. The number of nitrogens with zero attached hydrogens (tertiary/aromatic N) is 3. The third-order valence-electron chi connectivity index (χ3n) is 6.09. The van der Waals surface area contributed by atoms with Crippen LogP contribution in [0.25, 0.3) is 5.70 Å². The molecule has 3 aromatic carbocycles. The van der Waals surface area contributed by atoms with Crippen molar-refractivity contribution >= 4 is 35.0 Å². The van der Waals surface area contributed by atoms with Crippen molar-refractivity contribution in [1.82, 2.24) is 14.8 Å². The predicted molar refractivity (Wildman–Crippen MR) is 133 cm³/mol. The molecule has 0 bridgehead atoms. The molecule has 0 amide bonds. The SMILES string of the molecule is CSc1nc2n(n1)[C@H](c1ccc(C)cc1)C1=C(N2)c2ccccc2O[C@H]1c1cccc(Cl)c1. The first-order chi connectivity index (χ1) is 16.1. The fraction of sp³-hybridized carbons (Fsp3) is 0.154. The topological polar surface area (TPSA) is 52.0 Å². The Morgan fingerprint density at radius 3 is 2.61 bits per heavy atom. The van der Waals surface area contributed by atoms with Gasteiger partial charge in [-0.1, -0.05) is 77.5 Å². The molecule has 2 aliphatic heterocycles. The average Bonchev–Trinajstić information content (AvgIpc) is 3.26. The Labute approximate surface area is 201 Å². The molecular formula is C26H21ClN4OS. The lowest BCUT2D eigenvalue weighted by atomic mass is 9.84. The first-order valence-electron chi connectivity index (χ1n) is 10.7. The van der Waals surface area contributed by atoms with Crippen molar-refractivity contribution in [2.24, 2.45) is 0 Å². The fourth-order valence-electron chi connectivity index (χ4n) is 4.56. The molecule has 3 heterocycles. The highest BCUT2D eigenvalue weighted by Crippen LogP contribution is 2.51. The highest BCUT2D eigenvalue weighted by atomic mass is 35.5. The summed E-state index contributed by atoms with van der Waals surface area (Å²) in [6.07, 6.45) is 1.66. The van der Waals surface area contributed by atoms with Gasteiger partial charge in [0.05, 0.1) is 5.70 Å². The Hall–Kier alpha value is -3.22. The Balaban J connectivity index is 1.64. The van der Waals surface area contributed by atoms with Crippen molar-refractivity contribution < 1.29 is 4.74 Å². The van der Waals surface area contributed by atoms with E-state index in [0.29, 0.717) is 5.02 Å². The number of ether oxygens (including phenoxy) is 1. The molecule has 0 radical (unpaired) electrons. The minimum Gasteiger partial charge on any atom is -0.480 e. The maximum Gasteiger partial charge on any atom is 0.227 e. The number of aromatic nitrogens is 3. The van der Waals surface area contributed by atoms with Crippen molar-refractivity contribution in [3.05, 3.63) is 106 Å². The second kappa shape index (κ2) is 7.97. The second-order valence-electron chi connectivity index (χ2n) is 8.18. The molecule has 7 heteroatoms. The van der Waals surface area contributed by atoms with Crippen LogP contribution in [0.5, 0.6) is 5.75 Å². The second-order valence-corrected chi connectivity index (χ2v) is 9.39. The maximum atomic E-state index is 6.64. The van der Waals surface area contributed by atoms with E-state index < -0.39 is 0 Å². The van der Waals surface area contributed by atoms with Crippen molar-refractivity contribution in [2.75, 3.05) is 11.6 Å². The van der Waals surface area contributed by atoms with Gasteiger partial charge in [-0.05, 0) is 48.6 Å². The van der Waals surface area contributed by atoms with Gasteiger partial charge in [0.25, 0.3) is 0 Å². The zero-order valence-corrected chi connectivity index (χ0v) is 19.7. The predicted octanol–water partition coefficient (Wildman–Crippen LogP) is 6.52. The highest BCUT2D eigenvalue weighted by Gasteiger charge is 2.41. The number of hydrogen-bond donors (Lipinski definition) is 1. The lowest BCUT2D eigenvalue weighted by molar-refractivity contribution is 0.223. The van der Waals surface area contributed by atoms with E-state index in [0.717, 1.165) is 44.8 Å². The summed E-state index contributed by atoms with van der Waals surface area (Å²) in [6, 6.07) is 24.4. The number of aryl methyl sites for hydroxylation is 1. The molecule has 0 saturated carbocycles. The maximum absolute atomic E-state index is 6.64. The van der Waals surface area contributed by atoms with Gasteiger partial charge in [-0.15, -0.1) is 5.10 Å². The molecule has 0 fully saturated rings. The number of fused-ring (bicyclic) bond motifs is 3. The molecule has 0 spiro atoms. The first kappa shape index (κ1) is 20.4. The first-order valence-corrected chi connectivity index (χ1v) is 12.3. The molecule has 0 saturated heterocycles. The van der Waals surface area contributed by atoms with E-state index in [4.69, 9.17) is 26.4 Å². The van der Waals surface area contributed by atoms with Crippen LogP contribution >= 0.6 is 23.4 Å². The van der Waals surface area contributed by atoms with Crippen molar-refractivity contribution in [3.8, 4) is 5.75 Å². The van der Waals surface area contributed by atoms with E-state index in [9.17, 15) is 0 Å². The van der Waals surface area contributed by atoms with E-state index in [2.05, 4.69) is 48.6 Å². The van der Waals surface area contributed by atoms with Crippen LogP contribution in [-0.4, -0.2) is 21.0 Å². The van der Waals surface area contributed by atoms with Gasteiger partial charge in [-0.3, -0.25) is 0 Å². The largest absolute Gasteiger partial charge is 0.480 e. The van der Waals surface area contributed by atoms with Crippen molar-refractivity contribution in [2.45, 2.75) is 24.2 Å². The Morgan fingerprint density at radius 1 is 1.00 bits per heavy atom. The lowest BCUT2D eigenvalue weighted by Crippen LogP contribution is -2.32. The summed E-state index contributed by atoms with van der Waals surface area (Å²) in [4.78, 5) is 4.75. The Morgan fingerprint density at radius 2 is 1.82 bits per heavy atom. The summed E-state index contributed by atoms with van der Waals surface area (Å²) in [5.74, 6) is 1.56. The van der Waals surface area contributed by atoms with Gasteiger partial charge in [0.1, 0.15) is 17.9 Å². The third-order valence-corrected chi connectivity index (χ3v) is 6.86. The number of hydrogen-bond acceptors (Lipinski definition) is 5. The molecule has 2 aliphatic rings. The summed E-state index contributed by atoms with van der Waals surface area (Å²) in [5, 5.41) is 9.81. The summed E-state index contributed by atoms with van der Waals surface area (Å²) in [5.41, 5.74) is 6.45. The molecule has 4 aromatic rings.